The monoisotopic (exact) mass is 222 g/mol. The van der Waals surface area contributed by atoms with Crippen LogP contribution in [0.2, 0.25) is 0 Å². The molecule has 1 rings (SSSR count). The molecule has 1 aromatic rings. The number of carbonyl (C=O) groups excluding carboxylic acids is 1. The molecule has 4 heteroatoms. The van der Waals surface area contributed by atoms with Gasteiger partial charge in [0.25, 0.3) is 5.91 Å². The van der Waals surface area contributed by atoms with Crippen molar-refractivity contribution in [2.45, 2.75) is 19.9 Å². The van der Waals surface area contributed by atoms with Gasteiger partial charge in [-0.3, -0.25) is 4.79 Å². The Bertz CT molecular complexity index is 377. The van der Waals surface area contributed by atoms with Crippen LogP contribution in [0.3, 0.4) is 0 Å². The Morgan fingerprint density at radius 1 is 1.56 bits per heavy atom. The summed E-state index contributed by atoms with van der Waals surface area (Å²) in [6.45, 7) is 4.30. The summed E-state index contributed by atoms with van der Waals surface area (Å²) in [6.07, 6.45) is 0. The van der Waals surface area contributed by atoms with Crippen molar-refractivity contribution in [2.75, 3.05) is 19.5 Å². The molecular weight excluding hydrogens is 204 g/mol. The third kappa shape index (κ3) is 3.24. The first-order valence-electron chi connectivity index (χ1n) is 5.20. The molecule has 1 amide bonds. The minimum absolute atomic E-state index is 0.0294. The van der Waals surface area contributed by atoms with Gasteiger partial charge in [-0.1, -0.05) is 6.07 Å². The van der Waals surface area contributed by atoms with Crippen LogP contribution in [-0.2, 0) is 4.74 Å². The molecule has 1 atom stereocenters. The molecule has 0 aliphatic heterocycles. The van der Waals surface area contributed by atoms with Crippen LogP contribution in [-0.4, -0.2) is 25.7 Å². The lowest BCUT2D eigenvalue weighted by Gasteiger charge is -2.13. The van der Waals surface area contributed by atoms with E-state index in [2.05, 4.69) is 5.32 Å². The first-order chi connectivity index (χ1) is 7.54. The minimum Gasteiger partial charge on any atom is -0.398 e. The molecule has 3 N–H and O–H groups in total. The number of hydrogen-bond donors (Lipinski definition) is 2. The molecule has 88 valence electrons. The summed E-state index contributed by atoms with van der Waals surface area (Å²) in [5, 5.41) is 2.81. The van der Waals surface area contributed by atoms with E-state index < -0.39 is 0 Å². The average molecular weight is 222 g/mol. The maximum atomic E-state index is 11.8. The smallest absolute Gasteiger partial charge is 0.253 e. The predicted molar refractivity (Wildman–Crippen MR) is 64.4 cm³/mol. The molecule has 0 heterocycles. The van der Waals surface area contributed by atoms with Gasteiger partial charge in [0.2, 0.25) is 0 Å². The van der Waals surface area contributed by atoms with E-state index in [1.54, 1.807) is 19.2 Å². The van der Waals surface area contributed by atoms with Crippen LogP contribution in [0.4, 0.5) is 5.69 Å². The molecule has 0 aromatic heterocycles. The number of carbonyl (C=O) groups is 1. The van der Waals surface area contributed by atoms with E-state index in [4.69, 9.17) is 10.5 Å². The Morgan fingerprint density at radius 3 is 2.81 bits per heavy atom. The quantitative estimate of drug-likeness (QED) is 0.756. The van der Waals surface area contributed by atoms with Crippen LogP contribution < -0.4 is 11.1 Å². The van der Waals surface area contributed by atoms with Crippen LogP contribution in [0.1, 0.15) is 22.8 Å². The zero-order chi connectivity index (χ0) is 12.1. The van der Waals surface area contributed by atoms with E-state index in [0.717, 1.165) is 5.56 Å². The van der Waals surface area contributed by atoms with Gasteiger partial charge in [-0.25, -0.2) is 0 Å². The van der Waals surface area contributed by atoms with Crippen LogP contribution in [0, 0.1) is 6.92 Å². The highest BCUT2D eigenvalue weighted by atomic mass is 16.5. The summed E-state index contributed by atoms with van der Waals surface area (Å²) < 4.78 is 4.94. The van der Waals surface area contributed by atoms with Gasteiger partial charge in [0.05, 0.1) is 12.2 Å². The molecule has 1 unspecified atom stereocenters. The molecular formula is C12H18N2O2. The van der Waals surface area contributed by atoms with Crippen molar-refractivity contribution in [3.05, 3.63) is 29.3 Å². The Morgan fingerprint density at radius 2 is 2.25 bits per heavy atom. The second kappa shape index (κ2) is 5.51. The molecule has 16 heavy (non-hydrogen) atoms. The summed E-state index contributed by atoms with van der Waals surface area (Å²) in [6, 6.07) is 5.36. The van der Waals surface area contributed by atoms with Gasteiger partial charge in [-0.15, -0.1) is 0 Å². The third-order valence-electron chi connectivity index (χ3n) is 2.25. The topological polar surface area (TPSA) is 64.3 Å². The van der Waals surface area contributed by atoms with Gasteiger partial charge >= 0.3 is 0 Å². The number of rotatable bonds is 4. The highest BCUT2D eigenvalue weighted by molar-refractivity contribution is 5.99. The Hall–Kier alpha value is -1.55. The summed E-state index contributed by atoms with van der Waals surface area (Å²) in [7, 11) is 1.60. The highest BCUT2D eigenvalue weighted by Gasteiger charge is 2.12. The van der Waals surface area contributed by atoms with Crippen LogP contribution >= 0.6 is 0 Å². The van der Waals surface area contributed by atoms with Crippen LogP contribution in [0.15, 0.2) is 18.2 Å². The minimum atomic E-state index is -0.165. The van der Waals surface area contributed by atoms with Crippen LogP contribution in [0.25, 0.3) is 0 Å². The van der Waals surface area contributed by atoms with Gasteiger partial charge in [-0.2, -0.15) is 0 Å². The first-order valence-corrected chi connectivity index (χ1v) is 5.20. The Balaban J connectivity index is 2.73. The Kier molecular flexibility index (Phi) is 4.31. The van der Waals surface area contributed by atoms with Crippen molar-refractivity contribution in [1.29, 1.82) is 0 Å². The van der Waals surface area contributed by atoms with Crippen molar-refractivity contribution in [2.24, 2.45) is 0 Å². The molecule has 0 spiro atoms. The summed E-state index contributed by atoms with van der Waals surface area (Å²) >= 11 is 0. The lowest BCUT2D eigenvalue weighted by Crippen LogP contribution is -2.35. The van der Waals surface area contributed by atoms with E-state index in [0.29, 0.717) is 17.9 Å². The normalized spacial score (nSPS) is 12.2. The first kappa shape index (κ1) is 12.5. The van der Waals surface area contributed by atoms with Crippen molar-refractivity contribution in [1.82, 2.24) is 5.32 Å². The fourth-order valence-corrected chi connectivity index (χ4v) is 1.48. The lowest BCUT2D eigenvalue weighted by atomic mass is 10.1. The maximum absolute atomic E-state index is 11.8. The van der Waals surface area contributed by atoms with Crippen molar-refractivity contribution >= 4 is 11.6 Å². The fourth-order valence-electron chi connectivity index (χ4n) is 1.48. The second-order valence-corrected chi connectivity index (χ2v) is 3.92. The molecule has 0 aliphatic rings. The van der Waals surface area contributed by atoms with Crippen molar-refractivity contribution in [3.63, 3.8) is 0 Å². The molecule has 0 fully saturated rings. The number of ether oxygens (including phenoxy) is 1. The number of nitrogen functional groups attached to an aromatic ring is 1. The van der Waals surface area contributed by atoms with Crippen molar-refractivity contribution in [3.8, 4) is 0 Å². The number of anilines is 1. The van der Waals surface area contributed by atoms with Crippen molar-refractivity contribution < 1.29 is 9.53 Å². The van der Waals surface area contributed by atoms with Gasteiger partial charge in [0.1, 0.15) is 0 Å². The van der Waals surface area contributed by atoms with E-state index >= 15 is 0 Å². The van der Waals surface area contributed by atoms with Gasteiger partial charge < -0.3 is 15.8 Å². The number of aryl methyl sites for hydroxylation is 1. The molecule has 0 saturated heterocycles. The second-order valence-electron chi connectivity index (χ2n) is 3.92. The number of hydrogen-bond acceptors (Lipinski definition) is 3. The largest absolute Gasteiger partial charge is 0.398 e. The highest BCUT2D eigenvalue weighted by Crippen LogP contribution is 2.13. The molecule has 1 aromatic carbocycles. The summed E-state index contributed by atoms with van der Waals surface area (Å²) in [4.78, 5) is 11.8. The van der Waals surface area contributed by atoms with Crippen LogP contribution in [0.5, 0.6) is 0 Å². The van der Waals surface area contributed by atoms with E-state index in [1.807, 2.05) is 19.9 Å². The molecule has 0 saturated carbocycles. The number of amides is 1. The standard InChI is InChI=1S/C12H18N2O2/c1-8-4-5-10(11(13)6-8)12(15)14-9(2)7-16-3/h4-6,9H,7,13H2,1-3H3,(H,14,15). The van der Waals surface area contributed by atoms with Gasteiger partial charge in [0, 0.05) is 18.8 Å². The average Bonchev–Trinajstić information content (AvgIpc) is 2.17. The molecule has 4 nitrogen and oxygen atoms in total. The van der Waals surface area contributed by atoms with E-state index in [1.165, 1.54) is 0 Å². The molecule has 0 radical (unpaired) electrons. The Labute approximate surface area is 95.8 Å². The number of methoxy groups -OCH3 is 1. The zero-order valence-electron chi connectivity index (χ0n) is 9.91. The lowest BCUT2D eigenvalue weighted by molar-refractivity contribution is 0.0906. The maximum Gasteiger partial charge on any atom is 0.253 e. The number of benzene rings is 1. The number of nitrogens with two attached hydrogens (primary N) is 1. The van der Waals surface area contributed by atoms with Gasteiger partial charge in [0.15, 0.2) is 0 Å². The molecule has 0 aliphatic carbocycles. The van der Waals surface area contributed by atoms with E-state index in [-0.39, 0.29) is 11.9 Å². The van der Waals surface area contributed by atoms with E-state index in [9.17, 15) is 4.79 Å². The number of nitrogens with one attached hydrogen (secondary N) is 1. The summed E-state index contributed by atoms with van der Waals surface area (Å²) in [5.41, 5.74) is 7.83. The third-order valence-corrected chi connectivity index (χ3v) is 2.25. The SMILES string of the molecule is COCC(C)NC(=O)c1ccc(C)cc1N. The fraction of sp³-hybridized carbons (Fsp3) is 0.417. The van der Waals surface area contributed by atoms with Gasteiger partial charge in [-0.05, 0) is 31.5 Å². The molecule has 0 bridgehead atoms. The summed E-state index contributed by atoms with van der Waals surface area (Å²) in [5.74, 6) is -0.165. The predicted octanol–water partition coefficient (Wildman–Crippen LogP) is 1.34. The zero-order valence-corrected chi connectivity index (χ0v) is 9.91.